The van der Waals surface area contributed by atoms with Crippen LogP contribution in [0, 0.1) is 0 Å². The SMILES string of the molecule is CC(C)NCCCC(C)N1CCS(=O)CC1. The van der Waals surface area contributed by atoms with Gasteiger partial charge in [0, 0.05) is 47.5 Å². The first-order valence-electron chi connectivity index (χ1n) is 6.42. The second-order valence-corrected chi connectivity index (χ2v) is 6.68. The van der Waals surface area contributed by atoms with Gasteiger partial charge in [-0.15, -0.1) is 0 Å². The van der Waals surface area contributed by atoms with Crippen LogP contribution >= 0.6 is 0 Å². The summed E-state index contributed by atoms with van der Waals surface area (Å²) in [5.41, 5.74) is 0. The Morgan fingerprint density at radius 3 is 2.44 bits per heavy atom. The van der Waals surface area contributed by atoms with Crippen molar-refractivity contribution in [3.63, 3.8) is 0 Å². The minimum atomic E-state index is -0.545. The summed E-state index contributed by atoms with van der Waals surface area (Å²) in [4.78, 5) is 2.48. The molecule has 1 heterocycles. The fraction of sp³-hybridized carbons (Fsp3) is 1.00. The van der Waals surface area contributed by atoms with Crippen molar-refractivity contribution < 1.29 is 4.21 Å². The fourth-order valence-electron chi connectivity index (χ4n) is 2.06. The van der Waals surface area contributed by atoms with Crippen LogP contribution in [0.2, 0.25) is 0 Å². The number of hydrogen-bond acceptors (Lipinski definition) is 3. The molecule has 1 aliphatic rings. The van der Waals surface area contributed by atoms with Crippen molar-refractivity contribution in [2.24, 2.45) is 0 Å². The number of nitrogens with zero attached hydrogens (tertiary/aromatic N) is 1. The van der Waals surface area contributed by atoms with Gasteiger partial charge >= 0.3 is 0 Å². The minimum absolute atomic E-state index is 0.545. The smallest absolute Gasteiger partial charge is 0.0363 e. The van der Waals surface area contributed by atoms with E-state index in [1.165, 1.54) is 12.8 Å². The van der Waals surface area contributed by atoms with E-state index < -0.39 is 10.8 Å². The van der Waals surface area contributed by atoms with E-state index in [0.717, 1.165) is 31.1 Å². The van der Waals surface area contributed by atoms with Crippen LogP contribution in [0.3, 0.4) is 0 Å². The average Bonchev–Trinajstić information content (AvgIpc) is 2.25. The van der Waals surface area contributed by atoms with Gasteiger partial charge in [-0.2, -0.15) is 0 Å². The normalized spacial score (nSPS) is 21.5. The summed E-state index contributed by atoms with van der Waals surface area (Å²) >= 11 is 0. The maximum absolute atomic E-state index is 11.2. The maximum atomic E-state index is 11.2. The Bertz CT molecular complexity index is 211. The van der Waals surface area contributed by atoms with Gasteiger partial charge < -0.3 is 5.32 Å². The van der Waals surface area contributed by atoms with Crippen LogP contribution in [0.5, 0.6) is 0 Å². The Kier molecular flexibility index (Phi) is 6.54. The third-order valence-corrected chi connectivity index (χ3v) is 4.46. The zero-order valence-corrected chi connectivity index (χ0v) is 11.7. The molecule has 1 atom stereocenters. The molecule has 0 spiro atoms. The summed E-state index contributed by atoms with van der Waals surface area (Å²) < 4.78 is 11.2. The highest BCUT2D eigenvalue weighted by molar-refractivity contribution is 7.85. The summed E-state index contributed by atoms with van der Waals surface area (Å²) in [7, 11) is -0.545. The molecule has 1 aliphatic heterocycles. The van der Waals surface area contributed by atoms with E-state index in [1.807, 2.05) is 0 Å². The van der Waals surface area contributed by atoms with Gasteiger partial charge in [0.15, 0.2) is 0 Å². The summed E-state index contributed by atoms with van der Waals surface area (Å²) in [6.45, 7) is 9.81. The topological polar surface area (TPSA) is 32.3 Å². The Labute approximate surface area is 102 Å². The fourth-order valence-corrected chi connectivity index (χ4v) is 3.14. The van der Waals surface area contributed by atoms with Gasteiger partial charge in [0.25, 0.3) is 0 Å². The third-order valence-electron chi connectivity index (χ3n) is 3.19. The molecule has 1 N–H and O–H groups in total. The summed E-state index contributed by atoms with van der Waals surface area (Å²) in [5, 5.41) is 3.44. The molecule has 16 heavy (non-hydrogen) atoms. The lowest BCUT2D eigenvalue weighted by atomic mass is 10.1. The predicted molar refractivity (Wildman–Crippen MR) is 71.3 cm³/mol. The molecule has 0 bridgehead atoms. The van der Waals surface area contributed by atoms with Crippen molar-refractivity contribution >= 4 is 10.8 Å². The molecule has 0 aromatic carbocycles. The highest BCUT2D eigenvalue weighted by Gasteiger charge is 2.19. The Morgan fingerprint density at radius 1 is 1.25 bits per heavy atom. The molecule has 1 saturated heterocycles. The van der Waals surface area contributed by atoms with E-state index in [2.05, 4.69) is 31.0 Å². The predicted octanol–water partition coefficient (Wildman–Crippen LogP) is 1.22. The molecule has 0 aromatic rings. The van der Waals surface area contributed by atoms with Crippen LogP contribution in [0.4, 0.5) is 0 Å². The molecule has 96 valence electrons. The quantitative estimate of drug-likeness (QED) is 0.715. The zero-order chi connectivity index (χ0) is 12.0. The monoisotopic (exact) mass is 246 g/mol. The summed E-state index contributed by atoms with van der Waals surface area (Å²) in [6.07, 6.45) is 2.48. The lowest BCUT2D eigenvalue weighted by Gasteiger charge is -2.32. The Balaban J connectivity index is 2.10. The standard InChI is InChI=1S/C12H26N2OS/c1-11(2)13-6-4-5-12(3)14-7-9-16(15)10-8-14/h11-13H,4-10H2,1-3H3. The van der Waals surface area contributed by atoms with Crippen LogP contribution in [-0.4, -0.2) is 52.3 Å². The molecule has 0 saturated carbocycles. The first kappa shape index (κ1) is 14.1. The number of nitrogens with one attached hydrogen (secondary N) is 1. The molecule has 1 rings (SSSR count). The van der Waals surface area contributed by atoms with Gasteiger partial charge in [-0.05, 0) is 26.3 Å². The lowest BCUT2D eigenvalue weighted by Crippen LogP contribution is -2.43. The van der Waals surface area contributed by atoms with E-state index in [-0.39, 0.29) is 0 Å². The Morgan fingerprint density at radius 2 is 1.88 bits per heavy atom. The zero-order valence-electron chi connectivity index (χ0n) is 10.9. The highest BCUT2D eigenvalue weighted by Crippen LogP contribution is 2.09. The largest absolute Gasteiger partial charge is 0.315 e. The highest BCUT2D eigenvalue weighted by atomic mass is 32.2. The van der Waals surface area contributed by atoms with E-state index in [4.69, 9.17) is 0 Å². The van der Waals surface area contributed by atoms with Crippen LogP contribution < -0.4 is 5.32 Å². The molecular formula is C12H26N2OS. The number of rotatable bonds is 6. The molecule has 0 aliphatic carbocycles. The van der Waals surface area contributed by atoms with Gasteiger partial charge in [-0.1, -0.05) is 13.8 Å². The molecule has 1 unspecified atom stereocenters. The van der Waals surface area contributed by atoms with Crippen LogP contribution in [0.25, 0.3) is 0 Å². The van der Waals surface area contributed by atoms with Crippen LogP contribution in [-0.2, 0) is 10.8 Å². The van der Waals surface area contributed by atoms with Crippen molar-refractivity contribution in [2.45, 2.75) is 45.7 Å². The third kappa shape index (κ3) is 5.41. The van der Waals surface area contributed by atoms with E-state index in [1.54, 1.807) is 0 Å². The molecular weight excluding hydrogens is 220 g/mol. The van der Waals surface area contributed by atoms with E-state index >= 15 is 0 Å². The second-order valence-electron chi connectivity index (χ2n) is 4.98. The van der Waals surface area contributed by atoms with Crippen LogP contribution in [0.1, 0.15) is 33.6 Å². The van der Waals surface area contributed by atoms with Crippen molar-refractivity contribution in [1.82, 2.24) is 10.2 Å². The van der Waals surface area contributed by atoms with Crippen molar-refractivity contribution in [3.8, 4) is 0 Å². The first-order valence-corrected chi connectivity index (χ1v) is 7.91. The lowest BCUT2D eigenvalue weighted by molar-refractivity contribution is 0.215. The molecule has 0 amide bonds. The van der Waals surface area contributed by atoms with E-state index in [0.29, 0.717) is 12.1 Å². The van der Waals surface area contributed by atoms with Crippen molar-refractivity contribution in [2.75, 3.05) is 31.1 Å². The van der Waals surface area contributed by atoms with Gasteiger partial charge in [0.05, 0.1) is 0 Å². The van der Waals surface area contributed by atoms with Crippen molar-refractivity contribution in [1.29, 1.82) is 0 Å². The second kappa shape index (κ2) is 7.41. The van der Waals surface area contributed by atoms with Gasteiger partial charge in [0.1, 0.15) is 0 Å². The van der Waals surface area contributed by atoms with E-state index in [9.17, 15) is 4.21 Å². The molecule has 3 nitrogen and oxygen atoms in total. The maximum Gasteiger partial charge on any atom is 0.0363 e. The molecule has 4 heteroatoms. The van der Waals surface area contributed by atoms with Gasteiger partial charge in [0.2, 0.25) is 0 Å². The minimum Gasteiger partial charge on any atom is -0.315 e. The number of hydrogen-bond donors (Lipinski definition) is 1. The van der Waals surface area contributed by atoms with Gasteiger partial charge in [-0.3, -0.25) is 9.11 Å². The first-order chi connectivity index (χ1) is 7.59. The van der Waals surface area contributed by atoms with Gasteiger partial charge in [-0.25, -0.2) is 0 Å². The summed E-state index contributed by atoms with van der Waals surface area (Å²) in [6, 6.07) is 1.24. The van der Waals surface area contributed by atoms with Crippen molar-refractivity contribution in [3.05, 3.63) is 0 Å². The van der Waals surface area contributed by atoms with Crippen LogP contribution in [0.15, 0.2) is 0 Å². The average molecular weight is 246 g/mol. The Hall–Kier alpha value is 0.0700. The molecule has 1 fully saturated rings. The molecule has 0 radical (unpaired) electrons. The molecule has 0 aromatic heterocycles. The summed E-state index contributed by atoms with van der Waals surface area (Å²) in [5.74, 6) is 1.74.